The van der Waals surface area contributed by atoms with E-state index in [1.54, 1.807) is 0 Å². The first-order valence-electron chi connectivity index (χ1n) is 5.51. The van der Waals surface area contributed by atoms with Gasteiger partial charge in [0, 0.05) is 6.92 Å². The van der Waals surface area contributed by atoms with Crippen LogP contribution in [-0.2, 0) is 16.0 Å². The summed E-state index contributed by atoms with van der Waals surface area (Å²) < 4.78 is 0. The maximum Gasteiger partial charge on any atom is 0.221 e. The number of carbonyl (C=O) groups excluding carboxylic acids is 2. The molecule has 2 aromatic rings. The maximum absolute atomic E-state index is 10.8. The molecule has 0 aliphatic rings. The molecule has 4 N–H and O–H groups in total. The summed E-state index contributed by atoms with van der Waals surface area (Å²) in [4.78, 5) is 20.1. The Kier molecular flexibility index (Phi) is 4.87. The normalized spacial score (nSPS) is 9.39. The molecule has 2 rings (SSSR count). The van der Waals surface area contributed by atoms with E-state index in [4.69, 9.17) is 5.73 Å². The monoisotopic (exact) mass is 244 g/mol. The summed E-state index contributed by atoms with van der Waals surface area (Å²) in [7, 11) is 0. The van der Waals surface area contributed by atoms with Crippen molar-refractivity contribution in [2.45, 2.75) is 13.3 Å². The SMILES string of the molecule is CC(N)=O.NC(=O)Cc1cccc2ccccc12. The average Bonchev–Trinajstić information content (AvgIpc) is 2.28. The first kappa shape index (κ1) is 13.7. The van der Waals surface area contributed by atoms with Gasteiger partial charge < -0.3 is 11.5 Å². The lowest BCUT2D eigenvalue weighted by Gasteiger charge is -2.03. The van der Waals surface area contributed by atoms with E-state index in [0.717, 1.165) is 16.3 Å². The fraction of sp³-hybridized carbons (Fsp3) is 0.143. The fourth-order valence-corrected chi connectivity index (χ4v) is 1.63. The van der Waals surface area contributed by atoms with Gasteiger partial charge in [-0.25, -0.2) is 0 Å². The van der Waals surface area contributed by atoms with Crippen molar-refractivity contribution in [2.75, 3.05) is 0 Å². The Bertz CT molecular complexity index is 555. The third kappa shape index (κ3) is 4.25. The summed E-state index contributed by atoms with van der Waals surface area (Å²) in [5, 5.41) is 2.25. The van der Waals surface area contributed by atoms with E-state index in [1.165, 1.54) is 6.92 Å². The summed E-state index contributed by atoms with van der Waals surface area (Å²) in [6, 6.07) is 13.9. The van der Waals surface area contributed by atoms with Crippen LogP contribution in [0.3, 0.4) is 0 Å². The highest BCUT2D eigenvalue weighted by molar-refractivity contribution is 5.89. The average molecular weight is 244 g/mol. The lowest BCUT2D eigenvalue weighted by molar-refractivity contribution is -0.117. The molecule has 0 fully saturated rings. The van der Waals surface area contributed by atoms with E-state index in [2.05, 4.69) is 5.73 Å². The van der Waals surface area contributed by atoms with Gasteiger partial charge in [0.15, 0.2) is 0 Å². The van der Waals surface area contributed by atoms with Crippen molar-refractivity contribution in [3.8, 4) is 0 Å². The van der Waals surface area contributed by atoms with Gasteiger partial charge in [0.05, 0.1) is 6.42 Å². The van der Waals surface area contributed by atoms with E-state index >= 15 is 0 Å². The molecule has 0 heterocycles. The zero-order valence-corrected chi connectivity index (χ0v) is 10.2. The minimum Gasteiger partial charge on any atom is -0.370 e. The van der Waals surface area contributed by atoms with Crippen molar-refractivity contribution in [3.05, 3.63) is 48.0 Å². The van der Waals surface area contributed by atoms with Crippen molar-refractivity contribution in [3.63, 3.8) is 0 Å². The lowest BCUT2D eigenvalue weighted by Crippen LogP contribution is -2.13. The van der Waals surface area contributed by atoms with Crippen LogP contribution in [0, 0.1) is 0 Å². The van der Waals surface area contributed by atoms with E-state index in [0.29, 0.717) is 6.42 Å². The van der Waals surface area contributed by atoms with Gasteiger partial charge in [0.2, 0.25) is 11.8 Å². The van der Waals surface area contributed by atoms with Gasteiger partial charge in [-0.3, -0.25) is 9.59 Å². The minimum absolute atomic E-state index is 0.290. The topological polar surface area (TPSA) is 86.2 Å². The highest BCUT2D eigenvalue weighted by atomic mass is 16.1. The smallest absolute Gasteiger partial charge is 0.221 e. The molecule has 94 valence electrons. The van der Waals surface area contributed by atoms with Crippen molar-refractivity contribution < 1.29 is 9.59 Å². The largest absolute Gasteiger partial charge is 0.370 e. The van der Waals surface area contributed by atoms with Gasteiger partial charge in [0.25, 0.3) is 0 Å². The Labute approximate surface area is 106 Å². The molecule has 0 unspecified atom stereocenters. The van der Waals surface area contributed by atoms with Gasteiger partial charge in [-0.1, -0.05) is 42.5 Å². The van der Waals surface area contributed by atoms with Crippen LogP contribution < -0.4 is 11.5 Å². The summed E-state index contributed by atoms with van der Waals surface area (Å²) >= 11 is 0. The molecule has 4 heteroatoms. The Morgan fingerprint density at radius 3 is 2.17 bits per heavy atom. The van der Waals surface area contributed by atoms with E-state index in [1.807, 2.05) is 42.5 Å². The fourth-order valence-electron chi connectivity index (χ4n) is 1.63. The Morgan fingerprint density at radius 2 is 1.56 bits per heavy atom. The second kappa shape index (κ2) is 6.39. The van der Waals surface area contributed by atoms with Crippen molar-refractivity contribution >= 4 is 22.6 Å². The molecular formula is C14H16N2O2. The second-order valence-electron chi connectivity index (χ2n) is 3.89. The second-order valence-corrected chi connectivity index (χ2v) is 3.89. The van der Waals surface area contributed by atoms with Crippen LogP contribution >= 0.6 is 0 Å². The molecule has 0 aromatic heterocycles. The van der Waals surface area contributed by atoms with Gasteiger partial charge in [-0.15, -0.1) is 0 Å². The van der Waals surface area contributed by atoms with Crippen LogP contribution in [0.2, 0.25) is 0 Å². The summed E-state index contributed by atoms with van der Waals surface area (Å²) in [6.45, 7) is 1.31. The Morgan fingerprint density at radius 1 is 1.00 bits per heavy atom. The molecule has 0 radical (unpaired) electrons. The number of rotatable bonds is 2. The van der Waals surface area contributed by atoms with Crippen LogP contribution in [-0.4, -0.2) is 11.8 Å². The molecule has 0 aliphatic heterocycles. The van der Waals surface area contributed by atoms with Gasteiger partial charge in [0.1, 0.15) is 0 Å². The highest BCUT2D eigenvalue weighted by Gasteiger charge is 2.02. The van der Waals surface area contributed by atoms with Gasteiger partial charge in [-0.2, -0.15) is 0 Å². The van der Waals surface area contributed by atoms with Crippen LogP contribution in [0.1, 0.15) is 12.5 Å². The number of amides is 2. The zero-order chi connectivity index (χ0) is 13.5. The van der Waals surface area contributed by atoms with Crippen LogP contribution in [0.4, 0.5) is 0 Å². The zero-order valence-electron chi connectivity index (χ0n) is 10.2. The third-order valence-electron chi connectivity index (χ3n) is 2.24. The predicted octanol–water partition coefficient (Wildman–Crippen LogP) is 1.36. The molecule has 0 atom stereocenters. The standard InChI is InChI=1S/C12H11NO.C2H5NO/c13-12(14)8-10-6-3-5-9-4-1-2-7-11(9)10;1-2(3)4/h1-7H,8H2,(H2,13,14);1H3,(H2,3,4). The van der Waals surface area contributed by atoms with E-state index < -0.39 is 0 Å². The Hall–Kier alpha value is -2.36. The van der Waals surface area contributed by atoms with E-state index in [-0.39, 0.29) is 11.8 Å². The van der Waals surface area contributed by atoms with Gasteiger partial charge >= 0.3 is 0 Å². The number of nitrogens with two attached hydrogens (primary N) is 2. The lowest BCUT2D eigenvalue weighted by atomic mass is 10.0. The molecule has 2 aromatic carbocycles. The molecular weight excluding hydrogens is 228 g/mol. The molecule has 0 spiro atoms. The molecule has 4 nitrogen and oxygen atoms in total. The van der Waals surface area contributed by atoms with Crippen molar-refractivity contribution in [1.29, 1.82) is 0 Å². The van der Waals surface area contributed by atoms with Crippen LogP contribution in [0.25, 0.3) is 10.8 Å². The molecule has 0 aliphatic carbocycles. The van der Waals surface area contributed by atoms with Gasteiger partial charge in [-0.05, 0) is 16.3 Å². The first-order valence-corrected chi connectivity index (χ1v) is 5.51. The molecule has 2 amide bonds. The van der Waals surface area contributed by atoms with Crippen molar-refractivity contribution in [1.82, 2.24) is 0 Å². The number of hydrogen-bond donors (Lipinski definition) is 2. The number of primary amides is 2. The maximum atomic E-state index is 10.8. The van der Waals surface area contributed by atoms with E-state index in [9.17, 15) is 9.59 Å². The van der Waals surface area contributed by atoms with Crippen LogP contribution in [0.15, 0.2) is 42.5 Å². The molecule has 18 heavy (non-hydrogen) atoms. The number of benzene rings is 2. The molecule has 0 saturated heterocycles. The molecule has 0 saturated carbocycles. The first-order chi connectivity index (χ1) is 8.50. The minimum atomic E-state index is -0.333. The predicted molar refractivity (Wildman–Crippen MR) is 71.7 cm³/mol. The summed E-state index contributed by atoms with van der Waals surface area (Å²) in [6.07, 6.45) is 0.307. The highest BCUT2D eigenvalue weighted by Crippen LogP contribution is 2.18. The summed E-state index contributed by atoms with van der Waals surface area (Å²) in [5.41, 5.74) is 10.6. The van der Waals surface area contributed by atoms with Crippen molar-refractivity contribution in [2.24, 2.45) is 11.5 Å². The van der Waals surface area contributed by atoms with Crippen LogP contribution in [0.5, 0.6) is 0 Å². The number of fused-ring (bicyclic) bond motifs is 1. The Balaban J connectivity index is 0.000000357. The summed E-state index contributed by atoms with van der Waals surface area (Å²) in [5.74, 6) is -0.624. The number of hydrogen-bond acceptors (Lipinski definition) is 2. The third-order valence-corrected chi connectivity index (χ3v) is 2.24. The quantitative estimate of drug-likeness (QED) is 0.835. The molecule has 0 bridgehead atoms. The number of carbonyl (C=O) groups is 2.